The highest BCUT2D eigenvalue weighted by atomic mass is 16.5. The van der Waals surface area contributed by atoms with Gasteiger partial charge in [0.25, 0.3) is 0 Å². The van der Waals surface area contributed by atoms with Gasteiger partial charge in [-0.1, -0.05) is 36.4 Å². The SMILES string of the molecule is CC1(C(=O)NC[C@](NC(=O)OCc2ccccc2)(C(=O)O)c2cccnc2)CCCn2c(CCC3CCNCC3)nnc21. The molecule has 2 aromatic heterocycles. The zero-order valence-corrected chi connectivity index (χ0v) is 24.4. The number of nitrogens with one attached hydrogen (secondary N) is 3. The van der Waals surface area contributed by atoms with Crippen molar-refractivity contribution < 1.29 is 24.2 Å². The molecule has 0 bridgehead atoms. The van der Waals surface area contributed by atoms with E-state index in [1.165, 1.54) is 12.4 Å². The Labute approximate surface area is 250 Å². The first-order valence-corrected chi connectivity index (χ1v) is 14.9. The van der Waals surface area contributed by atoms with Crippen LogP contribution in [-0.2, 0) is 44.9 Å². The van der Waals surface area contributed by atoms with Gasteiger partial charge < -0.3 is 25.0 Å². The average Bonchev–Trinajstić information content (AvgIpc) is 3.46. The third-order valence-electron chi connectivity index (χ3n) is 8.68. The number of pyridine rings is 1. The van der Waals surface area contributed by atoms with Crippen LogP contribution in [0.5, 0.6) is 0 Å². The molecule has 2 atom stereocenters. The van der Waals surface area contributed by atoms with Crippen molar-refractivity contribution in [3.05, 3.63) is 77.6 Å². The number of fused-ring (bicyclic) bond motifs is 1. The molecule has 2 aliphatic heterocycles. The van der Waals surface area contributed by atoms with E-state index in [-0.39, 0.29) is 18.1 Å². The summed E-state index contributed by atoms with van der Waals surface area (Å²) in [7, 11) is 0. The molecule has 2 amide bonds. The Hall–Kier alpha value is -4.32. The van der Waals surface area contributed by atoms with E-state index in [1.54, 1.807) is 24.3 Å². The van der Waals surface area contributed by atoms with Crippen molar-refractivity contribution in [2.75, 3.05) is 19.6 Å². The Morgan fingerprint density at radius 1 is 1.14 bits per heavy atom. The van der Waals surface area contributed by atoms with E-state index in [4.69, 9.17) is 4.74 Å². The van der Waals surface area contributed by atoms with E-state index in [0.29, 0.717) is 18.2 Å². The van der Waals surface area contributed by atoms with Crippen molar-refractivity contribution in [2.24, 2.45) is 5.92 Å². The van der Waals surface area contributed by atoms with Crippen LogP contribution in [0.15, 0.2) is 54.9 Å². The molecule has 0 aliphatic carbocycles. The first-order valence-electron chi connectivity index (χ1n) is 14.9. The van der Waals surface area contributed by atoms with Crippen molar-refractivity contribution in [1.82, 2.24) is 35.7 Å². The molecule has 1 unspecified atom stereocenters. The van der Waals surface area contributed by atoms with Gasteiger partial charge in [0.1, 0.15) is 23.7 Å². The second kappa shape index (κ2) is 13.3. The number of aliphatic carboxylic acids is 1. The maximum Gasteiger partial charge on any atom is 0.408 e. The van der Waals surface area contributed by atoms with Crippen LogP contribution in [0.2, 0.25) is 0 Å². The number of piperidine rings is 1. The normalized spacial score (nSPS) is 19.9. The molecule has 2 aliphatic rings. The average molecular weight is 590 g/mol. The minimum atomic E-state index is -2.03. The number of ether oxygens (including phenoxy) is 1. The lowest BCUT2D eigenvalue weighted by Crippen LogP contribution is -2.60. The van der Waals surface area contributed by atoms with Gasteiger partial charge in [-0.05, 0) is 69.7 Å². The zero-order chi connectivity index (χ0) is 30.3. The minimum absolute atomic E-state index is 0.0462. The highest BCUT2D eigenvalue weighted by Gasteiger charge is 2.47. The molecule has 1 aromatic carbocycles. The summed E-state index contributed by atoms with van der Waals surface area (Å²) in [6.07, 6.45) is 7.33. The molecule has 4 N–H and O–H groups in total. The van der Waals surface area contributed by atoms with Crippen LogP contribution in [0, 0.1) is 5.92 Å². The van der Waals surface area contributed by atoms with Crippen LogP contribution >= 0.6 is 0 Å². The van der Waals surface area contributed by atoms with Gasteiger partial charge in [-0.15, -0.1) is 10.2 Å². The van der Waals surface area contributed by atoms with Gasteiger partial charge in [0.05, 0.1) is 6.54 Å². The molecular weight excluding hydrogens is 550 g/mol. The van der Waals surface area contributed by atoms with Gasteiger partial charge in [-0.2, -0.15) is 0 Å². The number of carbonyl (C=O) groups is 3. The Kier molecular flexibility index (Phi) is 9.34. The number of carbonyl (C=O) groups excluding carboxylic acids is 2. The lowest BCUT2D eigenvalue weighted by Gasteiger charge is -2.35. The van der Waals surface area contributed by atoms with E-state index in [1.807, 2.05) is 25.1 Å². The summed E-state index contributed by atoms with van der Waals surface area (Å²) in [5.41, 5.74) is -2.11. The van der Waals surface area contributed by atoms with Crippen LogP contribution in [-0.4, -0.2) is 62.5 Å². The number of alkyl carbamates (subject to hydrolysis) is 1. The third kappa shape index (κ3) is 6.69. The molecule has 0 radical (unpaired) electrons. The molecular formula is C31H39N7O5. The summed E-state index contributed by atoms with van der Waals surface area (Å²) in [5.74, 6) is 0.352. The van der Waals surface area contributed by atoms with Crippen LogP contribution in [0.25, 0.3) is 0 Å². The number of hydrogen-bond acceptors (Lipinski definition) is 8. The smallest absolute Gasteiger partial charge is 0.408 e. The highest BCUT2D eigenvalue weighted by molar-refractivity contribution is 5.90. The highest BCUT2D eigenvalue weighted by Crippen LogP contribution is 2.34. The van der Waals surface area contributed by atoms with Crippen LogP contribution < -0.4 is 16.0 Å². The van der Waals surface area contributed by atoms with E-state index in [9.17, 15) is 19.5 Å². The Morgan fingerprint density at radius 3 is 2.65 bits per heavy atom. The molecule has 1 fully saturated rings. The summed E-state index contributed by atoms with van der Waals surface area (Å²) < 4.78 is 7.39. The lowest BCUT2D eigenvalue weighted by molar-refractivity contribution is -0.145. The van der Waals surface area contributed by atoms with Crippen molar-refractivity contribution in [3.8, 4) is 0 Å². The van der Waals surface area contributed by atoms with Crippen LogP contribution in [0.1, 0.15) is 61.8 Å². The first-order chi connectivity index (χ1) is 20.8. The number of carboxylic acid groups (broad SMARTS) is 1. The Balaban J connectivity index is 1.32. The number of carboxylic acids is 1. The van der Waals surface area contributed by atoms with Gasteiger partial charge in [-0.25, -0.2) is 9.59 Å². The summed E-state index contributed by atoms with van der Waals surface area (Å²) >= 11 is 0. The summed E-state index contributed by atoms with van der Waals surface area (Å²) in [5, 5.41) is 28.1. The van der Waals surface area contributed by atoms with Crippen LogP contribution in [0.4, 0.5) is 4.79 Å². The van der Waals surface area contributed by atoms with Crippen molar-refractivity contribution >= 4 is 18.0 Å². The Bertz CT molecular complexity index is 1410. The summed E-state index contributed by atoms with van der Waals surface area (Å²) in [6.45, 7) is 4.15. The van der Waals surface area contributed by atoms with Gasteiger partial charge in [0.15, 0.2) is 5.54 Å². The fourth-order valence-electron chi connectivity index (χ4n) is 6.01. The molecule has 228 valence electrons. The fraction of sp³-hybridized carbons (Fsp3) is 0.484. The summed E-state index contributed by atoms with van der Waals surface area (Å²) in [6, 6.07) is 12.2. The number of aryl methyl sites for hydroxylation is 1. The molecule has 4 heterocycles. The molecule has 43 heavy (non-hydrogen) atoms. The van der Waals surface area contributed by atoms with E-state index in [2.05, 4.69) is 35.7 Å². The molecule has 0 saturated carbocycles. The topological polar surface area (TPSA) is 160 Å². The lowest BCUT2D eigenvalue weighted by atomic mass is 9.80. The zero-order valence-electron chi connectivity index (χ0n) is 24.4. The van der Waals surface area contributed by atoms with Gasteiger partial charge in [-0.3, -0.25) is 15.1 Å². The number of hydrogen-bond donors (Lipinski definition) is 4. The summed E-state index contributed by atoms with van der Waals surface area (Å²) in [4.78, 5) is 43.6. The Morgan fingerprint density at radius 2 is 1.93 bits per heavy atom. The number of aromatic nitrogens is 4. The molecule has 12 heteroatoms. The standard InChI is InChI=1S/C31H39N7O5/c1-30(14-6-18-38-25(36-37-26(30)38)11-10-22-12-16-32-17-13-22)27(39)34-21-31(28(40)41,24-9-5-15-33-19-24)35-29(42)43-20-23-7-3-2-4-8-23/h2-5,7-9,15,19,22,32H,6,10-14,16-18,20-21H2,1H3,(H,34,39)(H,35,42)(H,40,41)/t30?,31-/m1/s1. The fourth-order valence-corrected chi connectivity index (χ4v) is 6.01. The second-order valence-electron chi connectivity index (χ2n) is 11.6. The molecule has 12 nitrogen and oxygen atoms in total. The largest absolute Gasteiger partial charge is 0.479 e. The maximum absolute atomic E-state index is 13.8. The molecule has 0 spiro atoms. The molecule has 5 rings (SSSR count). The van der Waals surface area contributed by atoms with Crippen molar-refractivity contribution in [2.45, 2.75) is 69.6 Å². The second-order valence-corrected chi connectivity index (χ2v) is 11.6. The third-order valence-corrected chi connectivity index (χ3v) is 8.68. The van der Waals surface area contributed by atoms with Crippen molar-refractivity contribution in [1.29, 1.82) is 0 Å². The van der Waals surface area contributed by atoms with Gasteiger partial charge in [0, 0.05) is 30.9 Å². The molecule has 3 aromatic rings. The van der Waals surface area contributed by atoms with Crippen molar-refractivity contribution in [3.63, 3.8) is 0 Å². The van der Waals surface area contributed by atoms with E-state index < -0.39 is 29.6 Å². The predicted octanol–water partition coefficient (Wildman–Crippen LogP) is 2.68. The number of rotatable bonds is 11. The predicted molar refractivity (Wildman–Crippen MR) is 157 cm³/mol. The molecule has 1 saturated heterocycles. The minimum Gasteiger partial charge on any atom is -0.479 e. The van der Waals surface area contributed by atoms with E-state index >= 15 is 0 Å². The first kappa shape index (κ1) is 30.1. The van der Waals surface area contributed by atoms with Crippen LogP contribution in [0.3, 0.4) is 0 Å². The van der Waals surface area contributed by atoms with Gasteiger partial charge >= 0.3 is 12.1 Å². The van der Waals surface area contributed by atoms with E-state index in [0.717, 1.165) is 63.1 Å². The quantitative estimate of drug-likeness (QED) is 0.264. The monoisotopic (exact) mass is 589 g/mol. The maximum atomic E-state index is 13.8. The number of benzene rings is 1. The van der Waals surface area contributed by atoms with Gasteiger partial charge in [0.2, 0.25) is 5.91 Å². The number of amides is 2. The number of nitrogens with zero attached hydrogens (tertiary/aromatic N) is 4.